The van der Waals surface area contributed by atoms with Crippen molar-refractivity contribution in [3.63, 3.8) is 0 Å². The third-order valence-electron chi connectivity index (χ3n) is 3.20. The molecule has 0 atom stereocenters. The largest absolute Gasteiger partial charge is 0.465 e. The van der Waals surface area contributed by atoms with Crippen LogP contribution in [0.15, 0.2) is 0 Å². The van der Waals surface area contributed by atoms with Crippen LogP contribution in [-0.2, 0) is 9.53 Å². The van der Waals surface area contributed by atoms with Gasteiger partial charge in [-0.2, -0.15) is 0 Å². The van der Waals surface area contributed by atoms with Gasteiger partial charge in [-0.1, -0.05) is 22.6 Å². The summed E-state index contributed by atoms with van der Waals surface area (Å²) in [5.74, 6) is -0.0651. The van der Waals surface area contributed by atoms with Crippen molar-refractivity contribution in [3.8, 4) is 0 Å². The van der Waals surface area contributed by atoms with Gasteiger partial charge in [0, 0.05) is 8.84 Å². The Hall–Kier alpha value is 0.200. The number of hydrogen-bond donors (Lipinski definition) is 0. The van der Waals surface area contributed by atoms with Gasteiger partial charge in [-0.25, -0.2) is 0 Å². The molecule has 0 aromatic carbocycles. The van der Waals surface area contributed by atoms with E-state index in [0.29, 0.717) is 15.4 Å². The van der Waals surface area contributed by atoms with E-state index in [1.54, 1.807) is 0 Å². The number of esters is 1. The molecule has 3 heteroatoms. The van der Waals surface area contributed by atoms with Crippen LogP contribution in [0.25, 0.3) is 0 Å². The van der Waals surface area contributed by atoms with Gasteiger partial charge >= 0.3 is 5.97 Å². The summed E-state index contributed by atoms with van der Waals surface area (Å²) in [6, 6.07) is 0. The molecular formula is C11H17IO2. The van der Waals surface area contributed by atoms with E-state index >= 15 is 0 Å². The second-order valence-corrected chi connectivity index (χ2v) is 8.30. The Labute approximate surface area is 98.9 Å². The van der Waals surface area contributed by atoms with Crippen LogP contribution in [0.2, 0.25) is 0 Å². The predicted molar refractivity (Wildman–Crippen MR) is 63.4 cm³/mol. The highest BCUT2D eigenvalue weighted by molar-refractivity contribution is 14.1. The first-order chi connectivity index (χ1) is 6.25. The van der Waals surface area contributed by atoms with Gasteiger partial charge in [-0.05, 0) is 40.0 Å². The maximum Gasteiger partial charge on any atom is 0.311 e. The lowest BCUT2D eigenvalue weighted by atomic mass is 9.45. The fourth-order valence-corrected chi connectivity index (χ4v) is 4.88. The average molecular weight is 308 g/mol. The molecule has 3 fully saturated rings. The van der Waals surface area contributed by atoms with Gasteiger partial charge in [0.25, 0.3) is 0 Å². The minimum absolute atomic E-state index is 0.0651. The lowest BCUT2D eigenvalue weighted by molar-refractivity contribution is -0.171. The molecule has 0 aromatic heterocycles. The van der Waals surface area contributed by atoms with Crippen molar-refractivity contribution in [3.05, 3.63) is 0 Å². The third kappa shape index (κ3) is 1.68. The predicted octanol–water partition coefficient (Wildman–Crippen LogP) is 2.93. The van der Waals surface area contributed by atoms with Crippen LogP contribution >= 0.6 is 22.6 Å². The van der Waals surface area contributed by atoms with Gasteiger partial charge in [-0.3, -0.25) is 4.79 Å². The van der Waals surface area contributed by atoms with Crippen molar-refractivity contribution in [1.29, 1.82) is 0 Å². The minimum Gasteiger partial charge on any atom is -0.465 e. The van der Waals surface area contributed by atoms with E-state index in [0.717, 1.165) is 0 Å². The minimum atomic E-state index is -0.356. The maximum atomic E-state index is 11.5. The molecule has 0 heterocycles. The van der Waals surface area contributed by atoms with Gasteiger partial charge in [0.05, 0.1) is 12.0 Å². The van der Waals surface area contributed by atoms with Crippen molar-refractivity contribution < 1.29 is 9.53 Å². The van der Waals surface area contributed by atoms with E-state index in [1.807, 2.05) is 20.8 Å². The molecule has 14 heavy (non-hydrogen) atoms. The second kappa shape index (κ2) is 2.86. The first-order valence-electron chi connectivity index (χ1n) is 5.11. The first-order valence-corrected chi connectivity index (χ1v) is 6.19. The number of carbonyl (C=O) groups excluding carboxylic acids is 1. The highest BCUT2D eigenvalue weighted by atomic mass is 127. The van der Waals surface area contributed by atoms with Crippen molar-refractivity contribution in [1.82, 2.24) is 0 Å². The summed E-state index contributed by atoms with van der Waals surface area (Å²) in [5.41, 5.74) is 0.0215. The van der Waals surface area contributed by atoms with Crippen LogP contribution in [0.1, 0.15) is 40.0 Å². The number of ether oxygens (including phenoxy) is 1. The molecule has 0 aromatic rings. The van der Waals surface area contributed by atoms with Gasteiger partial charge < -0.3 is 4.74 Å². The smallest absolute Gasteiger partial charge is 0.311 e. The normalized spacial score (nSPS) is 39.7. The molecule has 3 rings (SSSR count). The Morgan fingerprint density at radius 3 is 2.21 bits per heavy atom. The summed E-state index contributed by atoms with van der Waals surface area (Å²) >= 11 is 2.54. The number of hydrogen-bond acceptors (Lipinski definition) is 2. The number of carbonyl (C=O) groups is 1. The Morgan fingerprint density at radius 2 is 1.86 bits per heavy atom. The second-order valence-electron chi connectivity index (χ2n) is 6.01. The SMILES string of the molecule is CC(C)(C)C(=O)OCC12CC(I)(C1)C2. The quantitative estimate of drug-likeness (QED) is 0.445. The highest BCUT2D eigenvalue weighted by Gasteiger charge is 2.67. The van der Waals surface area contributed by atoms with E-state index < -0.39 is 0 Å². The zero-order valence-electron chi connectivity index (χ0n) is 9.02. The summed E-state index contributed by atoms with van der Waals surface area (Å²) < 4.78 is 5.93. The van der Waals surface area contributed by atoms with E-state index in [2.05, 4.69) is 22.6 Å². The Kier molecular flexibility index (Phi) is 2.19. The van der Waals surface area contributed by atoms with E-state index in [4.69, 9.17) is 4.74 Å². The van der Waals surface area contributed by atoms with Crippen LogP contribution < -0.4 is 0 Å². The summed E-state index contributed by atoms with van der Waals surface area (Å²) in [5, 5.41) is 0. The van der Waals surface area contributed by atoms with Crippen molar-refractivity contribution in [2.75, 3.05) is 6.61 Å². The van der Waals surface area contributed by atoms with Crippen LogP contribution in [0, 0.1) is 10.8 Å². The highest BCUT2D eigenvalue weighted by Crippen LogP contribution is 2.71. The molecule has 3 aliphatic rings. The summed E-state index contributed by atoms with van der Waals surface area (Å²) in [6.45, 7) is 6.35. The molecule has 80 valence electrons. The van der Waals surface area contributed by atoms with Gasteiger partial charge in [-0.15, -0.1) is 0 Å². The number of rotatable bonds is 2. The number of halogens is 1. The molecule has 0 amide bonds. The lowest BCUT2D eigenvalue weighted by Gasteiger charge is -2.67. The van der Waals surface area contributed by atoms with Crippen molar-refractivity contribution in [2.24, 2.45) is 10.8 Å². The molecule has 3 saturated carbocycles. The Bertz CT molecular complexity index is 258. The monoisotopic (exact) mass is 308 g/mol. The Morgan fingerprint density at radius 1 is 1.36 bits per heavy atom. The van der Waals surface area contributed by atoms with E-state index in [9.17, 15) is 4.79 Å². The zero-order valence-corrected chi connectivity index (χ0v) is 11.2. The molecule has 2 bridgehead atoms. The molecule has 2 nitrogen and oxygen atoms in total. The average Bonchev–Trinajstić information content (AvgIpc) is 1.91. The molecule has 0 N–H and O–H groups in total. The zero-order chi connectivity index (χ0) is 10.6. The van der Waals surface area contributed by atoms with E-state index in [1.165, 1.54) is 19.3 Å². The molecule has 0 unspecified atom stereocenters. The molecular weight excluding hydrogens is 291 g/mol. The molecule has 0 spiro atoms. The molecule has 0 radical (unpaired) electrons. The van der Waals surface area contributed by atoms with Crippen molar-refractivity contribution in [2.45, 2.75) is 43.5 Å². The summed E-state index contributed by atoms with van der Waals surface area (Å²) in [4.78, 5) is 11.5. The first kappa shape index (κ1) is 10.7. The van der Waals surface area contributed by atoms with E-state index in [-0.39, 0.29) is 11.4 Å². The lowest BCUT2D eigenvalue weighted by Crippen LogP contribution is -2.65. The maximum absolute atomic E-state index is 11.5. The summed E-state index contributed by atoms with van der Waals surface area (Å²) in [6.07, 6.45) is 3.74. The summed E-state index contributed by atoms with van der Waals surface area (Å²) in [7, 11) is 0. The Balaban J connectivity index is 1.77. The molecule has 0 saturated heterocycles. The molecule has 0 aliphatic heterocycles. The van der Waals surface area contributed by atoms with Gasteiger partial charge in [0.2, 0.25) is 0 Å². The topological polar surface area (TPSA) is 26.3 Å². The van der Waals surface area contributed by atoms with Crippen LogP contribution in [-0.4, -0.2) is 16.0 Å². The standard InChI is InChI=1S/C11H17IO2/c1-9(2,3)8(13)14-7-10-4-11(12,5-10)6-10/h4-7H2,1-3H3. The van der Waals surface area contributed by atoms with Crippen LogP contribution in [0.3, 0.4) is 0 Å². The van der Waals surface area contributed by atoms with Gasteiger partial charge in [0.15, 0.2) is 0 Å². The van der Waals surface area contributed by atoms with Crippen LogP contribution in [0.4, 0.5) is 0 Å². The van der Waals surface area contributed by atoms with Gasteiger partial charge in [0.1, 0.15) is 0 Å². The fraction of sp³-hybridized carbons (Fsp3) is 0.909. The third-order valence-corrected chi connectivity index (χ3v) is 4.34. The number of alkyl halides is 1. The van der Waals surface area contributed by atoms with Crippen LogP contribution in [0.5, 0.6) is 0 Å². The fourth-order valence-electron chi connectivity index (χ4n) is 2.45. The van der Waals surface area contributed by atoms with Crippen molar-refractivity contribution >= 4 is 28.6 Å². The molecule has 3 aliphatic carbocycles.